The molecule has 1 heterocycles. The third-order valence-electron chi connectivity index (χ3n) is 4.61. The average molecular weight is 317 g/mol. The number of nitrogens with zero attached hydrogens (tertiary/aromatic N) is 2. The number of rotatable bonds is 8. The van der Waals surface area contributed by atoms with Crippen LogP contribution < -0.4 is 5.43 Å². The normalized spacial score (nSPS) is 24.2. The molecule has 1 amide bonds. The molecule has 2 N–H and O–H groups in total. The van der Waals surface area contributed by atoms with Gasteiger partial charge in [0, 0.05) is 24.4 Å². The smallest absolute Gasteiger partial charge is 0.240 e. The molecule has 0 radical (unpaired) electrons. The summed E-state index contributed by atoms with van der Waals surface area (Å²) in [5, 5.41) is 14.1. The summed E-state index contributed by atoms with van der Waals surface area (Å²) in [7, 11) is 0. The largest absolute Gasteiger partial charge is 0.393 e. The second kappa shape index (κ2) is 9.40. The van der Waals surface area contributed by atoms with E-state index in [0.717, 1.165) is 31.2 Å². The number of aliphatic hydroxyl groups is 1. The zero-order chi connectivity index (χ0) is 16.5. The van der Waals surface area contributed by atoms with Gasteiger partial charge in [-0.1, -0.05) is 32.3 Å². The minimum Gasteiger partial charge on any atom is -0.393 e. The van der Waals surface area contributed by atoms with E-state index in [1.807, 2.05) is 12.1 Å². The Morgan fingerprint density at radius 2 is 2.35 bits per heavy atom. The maximum atomic E-state index is 12.0. The molecule has 1 aromatic rings. The average Bonchev–Trinajstić information content (AvgIpc) is 2.89. The van der Waals surface area contributed by atoms with Gasteiger partial charge in [-0.3, -0.25) is 9.78 Å². The topological polar surface area (TPSA) is 74.6 Å². The van der Waals surface area contributed by atoms with Crippen LogP contribution in [0, 0.1) is 11.8 Å². The van der Waals surface area contributed by atoms with Crippen molar-refractivity contribution in [2.24, 2.45) is 16.9 Å². The molecule has 3 atom stereocenters. The summed E-state index contributed by atoms with van der Waals surface area (Å²) < 4.78 is 0. The van der Waals surface area contributed by atoms with Crippen LogP contribution in [0.1, 0.15) is 57.4 Å². The summed E-state index contributed by atoms with van der Waals surface area (Å²) in [5.41, 5.74) is 3.43. The molecule has 0 aromatic carbocycles. The third-order valence-corrected chi connectivity index (χ3v) is 4.61. The second-order valence-corrected chi connectivity index (χ2v) is 6.35. The van der Waals surface area contributed by atoms with Crippen molar-refractivity contribution in [1.29, 1.82) is 0 Å². The number of carbonyl (C=O) groups excluding carboxylic acids is 1. The quantitative estimate of drug-likeness (QED) is 0.440. The van der Waals surface area contributed by atoms with E-state index in [1.54, 1.807) is 18.6 Å². The van der Waals surface area contributed by atoms with Gasteiger partial charge in [-0.15, -0.1) is 0 Å². The van der Waals surface area contributed by atoms with Crippen LogP contribution in [0.2, 0.25) is 0 Å². The van der Waals surface area contributed by atoms with E-state index >= 15 is 0 Å². The fraction of sp³-hybridized carbons (Fsp3) is 0.611. The lowest BCUT2D eigenvalue weighted by molar-refractivity contribution is -0.122. The maximum absolute atomic E-state index is 12.0. The van der Waals surface area contributed by atoms with Crippen LogP contribution in [0.3, 0.4) is 0 Å². The first-order valence-corrected chi connectivity index (χ1v) is 8.60. The number of pyridine rings is 1. The van der Waals surface area contributed by atoms with E-state index in [9.17, 15) is 9.90 Å². The van der Waals surface area contributed by atoms with E-state index in [4.69, 9.17) is 0 Å². The SMILES string of the molecule is CCCCC[C@@H]1[C@@H](CC(=O)N/N=C\c2cccnc2)CC[C@@H]1O. The van der Waals surface area contributed by atoms with E-state index < -0.39 is 0 Å². The first-order chi connectivity index (χ1) is 11.2. The van der Waals surface area contributed by atoms with Gasteiger partial charge in [0.2, 0.25) is 5.91 Å². The first-order valence-electron chi connectivity index (χ1n) is 8.60. The van der Waals surface area contributed by atoms with Crippen molar-refractivity contribution in [2.45, 2.75) is 58.0 Å². The highest BCUT2D eigenvalue weighted by Gasteiger charge is 2.35. The standard InChI is InChI=1S/C18H27N3O2/c1-2-3-4-7-16-15(8-9-17(16)22)11-18(23)21-20-13-14-6-5-10-19-12-14/h5-6,10,12-13,15-17,22H,2-4,7-9,11H2,1H3,(H,21,23)/b20-13-/t15-,16-,17+/m1/s1. The predicted octanol–water partition coefficient (Wildman–Crippen LogP) is 2.89. The molecular formula is C18H27N3O2. The van der Waals surface area contributed by atoms with Crippen molar-refractivity contribution in [3.63, 3.8) is 0 Å². The molecule has 0 saturated heterocycles. The van der Waals surface area contributed by atoms with Crippen LogP contribution in [-0.4, -0.2) is 28.3 Å². The summed E-state index contributed by atoms with van der Waals surface area (Å²) in [6.07, 6.45) is 11.4. The van der Waals surface area contributed by atoms with Crippen LogP contribution in [0.25, 0.3) is 0 Å². The fourth-order valence-electron chi connectivity index (χ4n) is 3.35. The number of hydrazone groups is 1. The molecular weight excluding hydrogens is 290 g/mol. The third kappa shape index (κ3) is 5.75. The number of unbranched alkanes of at least 4 members (excludes halogenated alkanes) is 2. The van der Waals surface area contributed by atoms with Crippen LogP contribution in [0.15, 0.2) is 29.6 Å². The van der Waals surface area contributed by atoms with E-state index in [1.165, 1.54) is 12.8 Å². The van der Waals surface area contributed by atoms with E-state index in [-0.39, 0.29) is 23.8 Å². The van der Waals surface area contributed by atoms with Gasteiger partial charge in [-0.05, 0) is 37.2 Å². The lowest BCUT2D eigenvalue weighted by Crippen LogP contribution is -2.25. The summed E-state index contributed by atoms with van der Waals surface area (Å²) in [4.78, 5) is 16.0. The number of hydrogen-bond donors (Lipinski definition) is 2. The van der Waals surface area contributed by atoms with Crippen molar-refractivity contribution in [3.8, 4) is 0 Å². The Morgan fingerprint density at radius 1 is 1.48 bits per heavy atom. The molecule has 0 aliphatic heterocycles. The number of nitrogens with one attached hydrogen (secondary N) is 1. The van der Waals surface area contributed by atoms with Gasteiger partial charge in [-0.25, -0.2) is 5.43 Å². The summed E-state index contributed by atoms with van der Waals surface area (Å²) in [6, 6.07) is 3.70. The monoisotopic (exact) mass is 317 g/mol. The Bertz CT molecular complexity index is 504. The highest BCUT2D eigenvalue weighted by Crippen LogP contribution is 2.37. The molecule has 2 rings (SSSR count). The summed E-state index contributed by atoms with van der Waals surface area (Å²) in [6.45, 7) is 2.18. The van der Waals surface area contributed by atoms with Gasteiger partial charge in [-0.2, -0.15) is 5.10 Å². The maximum Gasteiger partial charge on any atom is 0.240 e. The molecule has 1 aliphatic rings. The number of aromatic nitrogens is 1. The highest BCUT2D eigenvalue weighted by molar-refractivity contribution is 5.82. The van der Waals surface area contributed by atoms with Gasteiger partial charge < -0.3 is 5.11 Å². The molecule has 1 fully saturated rings. The Kier molecular flexibility index (Phi) is 7.20. The molecule has 0 bridgehead atoms. The van der Waals surface area contributed by atoms with Crippen LogP contribution in [0.5, 0.6) is 0 Å². The van der Waals surface area contributed by atoms with Gasteiger partial charge in [0.05, 0.1) is 12.3 Å². The van der Waals surface area contributed by atoms with Crippen LogP contribution in [-0.2, 0) is 4.79 Å². The number of amides is 1. The van der Waals surface area contributed by atoms with E-state index in [2.05, 4.69) is 22.4 Å². The molecule has 0 unspecified atom stereocenters. The molecule has 1 aromatic heterocycles. The second-order valence-electron chi connectivity index (χ2n) is 6.35. The minimum atomic E-state index is -0.247. The van der Waals surface area contributed by atoms with Gasteiger partial charge in [0.1, 0.15) is 0 Å². The number of hydrogen-bond acceptors (Lipinski definition) is 4. The van der Waals surface area contributed by atoms with Crippen LogP contribution >= 0.6 is 0 Å². The first kappa shape index (κ1) is 17.6. The van der Waals surface area contributed by atoms with Gasteiger partial charge >= 0.3 is 0 Å². The Hall–Kier alpha value is -1.75. The van der Waals surface area contributed by atoms with Crippen molar-refractivity contribution in [3.05, 3.63) is 30.1 Å². The molecule has 126 valence electrons. The molecule has 5 nitrogen and oxygen atoms in total. The van der Waals surface area contributed by atoms with Crippen molar-refractivity contribution in [1.82, 2.24) is 10.4 Å². The van der Waals surface area contributed by atoms with Crippen molar-refractivity contribution >= 4 is 12.1 Å². The Balaban J connectivity index is 1.78. The molecule has 23 heavy (non-hydrogen) atoms. The Labute approximate surface area is 138 Å². The Morgan fingerprint density at radius 3 is 3.09 bits per heavy atom. The molecule has 5 heteroatoms. The fourth-order valence-corrected chi connectivity index (χ4v) is 3.35. The minimum absolute atomic E-state index is 0.0790. The van der Waals surface area contributed by atoms with Crippen molar-refractivity contribution in [2.75, 3.05) is 0 Å². The molecule has 0 spiro atoms. The highest BCUT2D eigenvalue weighted by atomic mass is 16.3. The van der Waals surface area contributed by atoms with Gasteiger partial charge in [0.15, 0.2) is 0 Å². The molecule has 1 aliphatic carbocycles. The lowest BCUT2D eigenvalue weighted by Gasteiger charge is -2.21. The van der Waals surface area contributed by atoms with E-state index in [0.29, 0.717) is 6.42 Å². The predicted molar refractivity (Wildman–Crippen MR) is 91.0 cm³/mol. The zero-order valence-electron chi connectivity index (χ0n) is 13.8. The van der Waals surface area contributed by atoms with Crippen molar-refractivity contribution < 1.29 is 9.90 Å². The summed E-state index contributed by atoms with van der Waals surface area (Å²) in [5.74, 6) is 0.454. The lowest BCUT2D eigenvalue weighted by atomic mass is 9.87. The van der Waals surface area contributed by atoms with Gasteiger partial charge in [0.25, 0.3) is 0 Å². The number of aliphatic hydroxyl groups excluding tert-OH is 1. The summed E-state index contributed by atoms with van der Waals surface area (Å²) >= 11 is 0. The molecule has 1 saturated carbocycles. The zero-order valence-corrected chi connectivity index (χ0v) is 13.8. The number of carbonyl (C=O) groups is 1. The van der Waals surface area contributed by atoms with Crippen LogP contribution in [0.4, 0.5) is 0 Å².